The largest absolute Gasteiger partial charge is 0.447 e. The minimum atomic E-state index is -0.411. The van der Waals surface area contributed by atoms with Gasteiger partial charge in [-0.25, -0.2) is 9.78 Å². The van der Waals surface area contributed by atoms with Crippen molar-refractivity contribution in [1.29, 1.82) is 0 Å². The first-order valence-electron chi connectivity index (χ1n) is 10.5. The zero-order valence-corrected chi connectivity index (χ0v) is 18.0. The molecule has 2 aromatic rings. The van der Waals surface area contributed by atoms with E-state index in [-0.39, 0.29) is 23.7 Å². The second-order valence-electron chi connectivity index (χ2n) is 7.85. The standard InChI is InChI=1S/C23H24ClN3O4/c1-2-19-14-31-23(30)27(19)20-8-5-17(13-25-20)22(29)26-11-9-16(10-12-26)21(28)15-3-6-18(24)7-4-15/h3-8,13,16,19H,2,9-12,14H2,1H3. The molecule has 1 aromatic heterocycles. The molecule has 0 spiro atoms. The molecule has 0 bridgehead atoms. The van der Waals surface area contributed by atoms with Crippen LogP contribution in [0.2, 0.25) is 5.02 Å². The molecule has 2 aliphatic rings. The maximum atomic E-state index is 12.9. The lowest BCUT2D eigenvalue weighted by Crippen LogP contribution is -2.40. The Morgan fingerprint density at radius 3 is 2.39 bits per heavy atom. The highest BCUT2D eigenvalue weighted by molar-refractivity contribution is 6.30. The average molecular weight is 442 g/mol. The predicted octanol–water partition coefficient (Wildman–Crippen LogP) is 4.21. The molecular formula is C23H24ClN3O4. The first-order valence-corrected chi connectivity index (χ1v) is 10.9. The Labute approximate surface area is 185 Å². The number of benzene rings is 1. The molecule has 0 N–H and O–H groups in total. The summed E-state index contributed by atoms with van der Waals surface area (Å²) >= 11 is 5.90. The van der Waals surface area contributed by atoms with Crippen molar-refractivity contribution >= 4 is 35.2 Å². The monoisotopic (exact) mass is 441 g/mol. The van der Waals surface area contributed by atoms with Crippen molar-refractivity contribution in [3.8, 4) is 0 Å². The van der Waals surface area contributed by atoms with Crippen LogP contribution in [0, 0.1) is 5.92 Å². The topological polar surface area (TPSA) is 79.8 Å². The Bertz CT molecular complexity index is 969. The Morgan fingerprint density at radius 2 is 1.77 bits per heavy atom. The zero-order chi connectivity index (χ0) is 22.0. The Hall–Kier alpha value is -2.93. The molecular weight excluding hydrogens is 418 g/mol. The number of piperidine rings is 1. The van der Waals surface area contributed by atoms with Gasteiger partial charge in [-0.15, -0.1) is 0 Å². The molecule has 0 radical (unpaired) electrons. The van der Waals surface area contributed by atoms with Crippen LogP contribution >= 0.6 is 11.6 Å². The number of Topliss-reactive ketones (excluding diaryl/α,β-unsaturated/α-hetero) is 1. The molecule has 1 atom stereocenters. The van der Waals surface area contributed by atoms with Gasteiger partial charge in [0.1, 0.15) is 12.4 Å². The lowest BCUT2D eigenvalue weighted by atomic mass is 9.88. The quantitative estimate of drug-likeness (QED) is 0.649. The van der Waals surface area contributed by atoms with Crippen LogP contribution in [0.3, 0.4) is 0 Å². The summed E-state index contributed by atoms with van der Waals surface area (Å²) in [4.78, 5) is 45.2. The number of amides is 2. The van der Waals surface area contributed by atoms with E-state index >= 15 is 0 Å². The smallest absolute Gasteiger partial charge is 0.415 e. The SMILES string of the molecule is CCC1COC(=O)N1c1ccc(C(=O)N2CCC(C(=O)c3ccc(Cl)cc3)CC2)cn1. The molecule has 2 saturated heterocycles. The summed E-state index contributed by atoms with van der Waals surface area (Å²) in [6.45, 7) is 3.36. The number of cyclic esters (lactones) is 1. The van der Waals surface area contributed by atoms with E-state index < -0.39 is 6.09 Å². The van der Waals surface area contributed by atoms with E-state index in [0.717, 1.165) is 6.42 Å². The lowest BCUT2D eigenvalue weighted by molar-refractivity contribution is 0.0650. The third-order valence-electron chi connectivity index (χ3n) is 5.96. The van der Waals surface area contributed by atoms with Gasteiger partial charge in [0.2, 0.25) is 0 Å². The van der Waals surface area contributed by atoms with Crippen LogP contribution in [0.5, 0.6) is 0 Å². The molecule has 8 heteroatoms. The number of ether oxygens (including phenoxy) is 1. The molecule has 2 aliphatic heterocycles. The molecule has 1 aromatic carbocycles. The molecule has 31 heavy (non-hydrogen) atoms. The summed E-state index contributed by atoms with van der Waals surface area (Å²) in [6, 6.07) is 10.2. The van der Waals surface area contributed by atoms with Gasteiger partial charge in [0.15, 0.2) is 5.78 Å². The normalized spacial score (nSPS) is 19.4. The van der Waals surface area contributed by atoms with Crippen molar-refractivity contribution < 1.29 is 19.1 Å². The maximum absolute atomic E-state index is 12.9. The van der Waals surface area contributed by atoms with Gasteiger partial charge in [-0.1, -0.05) is 18.5 Å². The highest BCUT2D eigenvalue weighted by atomic mass is 35.5. The van der Waals surface area contributed by atoms with Gasteiger partial charge in [0.05, 0.1) is 11.6 Å². The summed E-state index contributed by atoms with van der Waals surface area (Å²) in [5.41, 5.74) is 1.12. The molecule has 3 heterocycles. The van der Waals surface area contributed by atoms with Crippen molar-refractivity contribution in [1.82, 2.24) is 9.88 Å². The molecule has 0 saturated carbocycles. The number of hydrogen-bond acceptors (Lipinski definition) is 5. The van der Waals surface area contributed by atoms with Crippen molar-refractivity contribution in [2.75, 3.05) is 24.6 Å². The second-order valence-corrected chi connectivity index (χ2v) is 8.29. The molecule has 162 valence electrons. The minimum absolute atomic E-state index is 0.0428. The Kier molecular flexibility index (Phi) is 6.23. The predicted molar refractivity (Wildman–Crippen MR) is 117 cm³/mol. The fourth-order valence-electron chi connectivity index (χ4n) is 4.07. The zero-order valence-electron chi connectivity index (χ0n) is 17.3. The van der Waals surface area contributed by atoms with E-state index in [1.807, 2.05) is 6.92 Å². The van der Waals surface area contributed by atoms with Crippen LogP contribution < -0.4 is 4.90 Å². The first kappa shape index (κ1) is 21.3. The summed E-state index contributed by atoms with van der Waals surface area (Å²) in [6.07, 6.45) is 3.09. The van der Waals surface area contributed by atoms with Crippen LogP contribution in [0.15, 0.2) is 42.6 Å². The van der Waals surface area contributed by atoms with Gasteiger partial charge in [-0.2, -0.15) is 0 Å². The molecule has 2 fully saturated rings. The van der Waals surface area contributed by atoms with E-state index in [1.165, 1.54) is 11.1 Å². The van der Waals surface area contributed by atoms with E-state index in [1.54, 1.807) is 41.3 Å². The van der Waals surface area contributed by atoms with Crippen molar-refractivity contribution in [2.24, 2.45) is 5.92 Å². The fourth-order valence-corrected chi connectivity index (χ4v) is 4.20. The van der Waals surface area contributed by atoms with Crippen molar-refractivity contribution in [2.45, 2.75) is 32.2 Å². The highest BCUT2D eigenvalue weighted by Crippen LogP contribution is 2.25. The Balaban J connectivity index is 1.37. The summed E-state index contributed by atoms with van der Waals surface area (Å²) in [5, 5.41) is 0.600. The molecule has 1 unspecified atom stereocenters. The van der Waals surface area contributed by atoms with Gasteiger partial charge < -0.3 is 9.64 Å². The number of aromatic nitrogens is 1. The van der Waals surface area contributed by atoms with Crippen LogP contribution in [0.1, 0.15) is 46.9 Å². The number of anilines is 1. The third kappa shape index (κ3) is 4.42. The number of halogens is 1. The van der Waals surface area contributed by atoms with E-state index in [0.29, 0.717) is 54.5 Å². The maximum Gasteiger partial charge on any atom is 0.415 e. The van der Waals surface area contributed by atoms with Gasteiger partial charge in [-0.05, 0) is 55.7 Å². The molecule has 2 amide bonds. The second kappa shape index (κ2) is 9.06. The van der Waals surface area contributed by atoms with Gasteiger partial charge >= 0.3 is 6.09 Å². The third-order valence-corrected chi connectivity index (χ3v) is 6.21. The van der Waals surface area contributed by atoms with E-state index in [9.17, 15) is 14.4 Å². The van der Waals surface area contributed by atoms with Crippen LogP contribution in [-0.4, -0.2) is 53.4 Å². The number of rotatable bonds is 5. The molecule has 7 nitrogen and oxygen atoms in total. The number of nitrogens with zero attached hydrogens (tertiary/aromatic N) is 3. The number of ketones is 1. The highest BCUT2D eigenvalue weighted by Gasteiger charge is 2.34. The van der Waals surface area contributed by atoms with Crippen LogP contribution in [-0.2, 0) is 4.74 Å². The number of carbonyl (C=O) groups excluding carboxylic acids is 3. The fraction of sp³-hybridized carbons (Fsp3) is 0.391. The van der Waals surface area contributed by atoms with Crippen LogP contribution in [0.4, 0.5) is 10.6 Å². The van der Waals surface area contributed by atoms with Gasteiger partial charge in [0, 0.05) is 35.8 Å². The number of carbonyl (C=O) groups is 3. The van der Waals surface area contributed by atoms with Gasteiger partial charge in [0.25, 0.3) is 5.91 Å². The number of pyridine rings is 1. The summed E-state index contributed by atoms with van der Waals surface area (Å²) < 4.78 is 5.10. The number of hydrogen-bond donors (Lipinski definition) is 0. The van der Waals surface area contributed by atoms with Gasteiger partial charge in [-0.3, -0.25) is 14.5 Å². The van der Waals surface area contributed by atoms with E-state index in [4.69, 9.17) is 16.3 Å². The van der Waals surface area contributed by atoms with Crippen molar-refractivity contribution in [3.63, 3.8) is 0 Å². The first-order chi connectivity index (χ1) is 15.0. The van der Waals surface area contributed by atoms with E-state index in [2.05, 4.69) is 4.98 Å². The van der Waals surface area contributed by atoms with Crippen molar-refractivity contribution in [3.05, 3.63) is 58.7 Å². The summed E-state index contributed by atoms with van der Waals surface area (Å²) in [5.74, 6) is 0.362. The molecule has 0 aliphatic carbocycles. The minimum Gasteiger partial charge on any atom is -0.447 e. The average Bonchev–Trinajstić information content (AvgIpc) is 3.19. The number of likely N-dealkylation sites (tertiary alicyclic amines) is 1. The Morgan fingerprint density at radius 1 is 1.10 bits per heavy atom. The van der Waals surface area contributed by atoms with Crippen LogP contribution in [0.25, 0.3) is 0 Å². The lowest BCUT2D eigenvalue weighted by Gasteiger charge is -2.31. The molecule has 4 rings (SSSR count). The summed E-state index contributed by atoms with van der Waals surface area (Å²) in [7, 11) is 0.